The minimum absolute atomic E-state index is 0.301. The molecule has 0 aromatic carbocycles. The van der Waals surface area contributed by atoms with Gasteiger partial charge in [-0.05, 0) is 25.7 Å². The third-order valence-electron chi connectivity index (χ3n) is 5.45. The average Bonchev–Trinajstić information content (AvgIpc) is 2.67. The van der Waals surface area contributed by atoms with Crippen molar-refractivity contribution in [1.82, 2.24) is 4.90 Å². The number of aliphatic carboxylic acids is 1. The summed E-state index contributed by atoms with van der Waals surface area (Å²) in [6, 6.07) is 0. The van der Waals surface area contributed by atoms with E-state index >= 15 is 0 Å². The summed E-state index contributed by atoms with van der Waals surface area (Å²) < 4.78 is 0. The molecule has 0 unspecified atom stereocenters. The highest BCUT2D eigenvalue weighted by molar-refractivity contribution is 5.76. The molecule has 0 heterocycles. The van der Waals surface area contributed by atoms with E-state index in [4.69, 9.17) is 5.11 Å². The van der Waals surface area contributed by atoms with Gasteiger partial charge in [-0.2, -0.15) is 0 Å². The summed E-state index contributed by atoms with van der Waals surface area (Å²) in [6.45, 7) is 6.34. The van der Waals surface area contributed by atoms with Crippen molar-refractivity contribution in [2.24, 2.45) is 0 Å². The minimum atomic E-state index is -0.686. The van der Waals surface area contributed by atoms with Crippen LogP contribution in [0.25, 0.3) is 0 Å². The first-order chi connectivity index (χ1) is 13.6. The number of rotatable bonds is 21. The van der Waals surface area contributed by atoms with Crippen LogP contribution in [0.1, 0.15) is 129 Å². The largest absolute Gasteiger partial charge is 0.481 e. The van der Waals surface area contributed by atoms with Crippen LogP contribution in [0.4, 0.5) is 0 Å². The first-order valence-electron chi connectivity index (χ1n) is 12.1. The van der Waals surface area contributed by atoms with Crippen molar-refractivity contribution in [3.63, 3.8) is 0 Å². The van der Waals surface area contributed by atoms with Crippen LogP contribution in [-0.2, 0) is 9.59 Å². The van der Waals surface area contributed by atoms with E-state index in [0.29, 0.717) is 18.7 Å². The number of hydrogen-bond acceptors (Lipinski definition) is 2. The lowest BCUT2D eigenvalue weighted by molar-refractivity contribution is -0.137. The van der Waals surface area contributed by atoms with Crippen LogP contribution in [-0.4, -0.2) is 35.0 Å². The molecule has 28 heavy (non-hydrogen) atoms. The van der Waals surface area contributed by atoms with E-state index in [1.165, 1.54) is 57.8 Å². The van der Waals surface area contributed by atoms with E-state index in [1.54, 1.807) is 0 Å². The summed E-state index contributed by atoms with van der Waals surface area (Å²) in [6.07, 6.45) is 19.5. The second kappa shape index (κ2) is 20.7. The number of carboxylic acid groups (broad SMARTS) is 1. The van der Waals surface area contributed by atoms with Gasteiger partial charge in [0.1, 0.15) is 0 Å². The molecule has 0 saturated heterocycles. The summed E-state index contributed by atoms with van der Waals surface area (Å²) in [5.74, 6) is -0.323. The summed E-state index contributed by atoms with van der Waals surface area (Å²) >= 11 is 0. The smallest absolute Gasteiger partial charge is 0.303 e. The lowest BCUT2D eigenvalue weighted by Crippen LogP contribution is -2.32. The van der Waals surface area contributed by atoms with E-state index in [1.807, 2.05) is 0 Å². The number of carbonyl (C=O) groups is 2. The SMILES string of the molecule is CCCCCCN(CCCCCC)C(=O)CCCCCCCCCCC(=O)O. The van der Waals surface area contributed by atoms with Gasteiger partial charge in [0.25, 0.3) is 0 Å². The zero-order valence-corrected chi connectivity index (χ0v) is 18.9. The molecule has 1 N–H and O–H groups in total. The van der Waals surface area contributed by atoms with Crippen LogP contribution >= 0.6 is 0 Å². The lowest BCUT2D eigenvalue weighted by Gasteiger charge is -2.23. The Morgan fingerprint density at radius 1 is 0.571 bits per heavy atom. The highest BCUT2D eigenvalue weighted by atomic mass is 16.4. The van der Waals surface area contributed by atoms with Crippen LogP contribution in [0.2, 0.25) is 0 Å². The molecule has 0 aliphatic rings. The van der Waals surface area contributed by atoms with E-state index in [-0.39, 0.29) is 0 Å². The van der Waals surface area contributed by atoms with Crippen molar-refractivity contribution in [1.29, 1.82) is 0 Å². The van der Waals surface area contributed by atoms with Gasteiger partial charge in [-0.3, -0.25) is 9.59 Å². The molecule has 0 rings (SSSR count). The van der Waals surface area contributed by atoms with Crippen molar-refractivity contribution in [3.8, 4) is 0 Å². The van der Waals surface area contributed by atoms with Gasteiger partial charge in [0.05, 0.1) is 0 Å². The van der Waals surface area contributed by atoms with Crippen LogP contribution in [0.15, 0.2) is 0 Å². The van der Waals surface area contributed by atoms with Crippen LogP contribution in [0.5, 0.6) is 0 Å². The van der Waals surface area contributed by atoms with Gasteiger partial charge in [0.2, 0.25) is 5.91 Å². The van der Waals surface area contributed by atoms with Gasteiger partial charge in [-0.25, -0.2) is 0 Å². The Labute approximate surface area is 174 Å². The summed E-state index contributed by atoms with van der Waals surface area (Å²) in [4.78, 5) is 25.2. The van der Waals surface area contributed by atoms with Crippen LogP contribution < -0.4 is 0 Å². The topological polar surface area (TPSA) is 57.6 Å². The predicted octanol–water partition coefficient (Wildman–Crippen LogP) is 6.96. The maximum Gasteiger partial charge on any atom is 0.303 e. The fourth-order valence-electron chi connectivity index (χ4n) is 3.59. The third-order valence-corrected chi connectivity index (χ3v) is 5.45. The van der Waals surface area contributed by atoms with Gasteiger partial charge in [-0.1, -0.05) is 90.9 Å². The quantitative estimate of drug-likeness (QED) is 0.213. The average molecular weight is 398 g/mol. The zero-order chi connectivity index (χ0) is 20.9. The maximum atomic E-state index is 12.6. The Balaban J connectivity index is 3.81. The molecule has 4 nitrogen and oxygen atoms in total. The highest BCUT2D eigenvalue weighted by Crippen LogP contribution is 2.13. The third kappa shape index (κ3) is 18.3. The van der Waals surface area contributed by atoms with Crippen molar-refractivity contribution >= 4 is 11.9 Å². The molecule has 0 aliphatic carbocycles. The van der Waals surface area contributed by atoms with Crippen LogP contribution in [0.3, 0.4) is 0 Å². The molecule has 1 amide bonds. The molecular weight excluding hydrogens is 350 g/mol. The molecular formula is C24H47NO3. The van der Waals surface area contributed by atoms with E-state index in [2.05, 4.69) is 18.7 Å². The molecule has 0 radical (unpaired) electrons. The molecule has 0 aliphatic heterocycles. The Morgan fingerprint density at radius 3 is 1.39 bits per heavy atom. The summed E-state index contributed by atoms with van der Waals surface area (Å²) in [5, 5.41) is 8.61. The Hall–Kier alpha value is -1.06. The molecule has 0 saturated carbocycles. The van der Waals surface area contributed by atoms with Crippen molar-refractivity contribution < 1.29 is 14.7 Å². The van der Waals surface area contributed by atoms with E-state index < -0.39 is 5.97 Å². The molecule has 0 aromatic heterocycles. The maximum absolute atomic E-state index is 12.6. The van der Waals surface area contributed by atoms with Gasteiger partial charge < -0.3 is 10.0 Å². The van der Waals surface area contributed by atoms with Gasteiger partial charge in [0, 0.05) is 25.9 Å². The Morgan fingerprint density at radius 2 is 0.964 bits per heavy atom. The molecule has 0 aromatic rings. The Bertz CT molecular complexity index is 359. The molecule has 0 fully saturated rings. The second-order valence-corrected chi connectivity index (χ2v) is 8.22. The number of carbonyl (C=O) groups excluding carboxylic acids is 1. The molecule has 166 valence electrons. The highest BCUT2D eigenvalue weighted by Gasteiger charge is 2.12. The standard InChI is InChI=1S/C24H47NO3/c1-3-5-7-17-21-25(22-18-8-6-4-2)23(26)19-15-13-11-9-10-12-14-16-20-24(27)28/h3-22H2,1-2H3,(H,27,28). The van der Waals surface area contributed by atoms with E-state index in [9.17, 15) is 9.59 Å². The van der Waals surface area contributed by atoms with Crippen molar-refractivity contribution in [2.75, 3.05) is 13.1 Å². The lowest BCUT2D eigenvalue weighted by atomic mass is 10.1. The zero-order valence-electron chi connectivity index (χ0n) is 18.9. The normalized spacial score (nSPS) is 10.9. The molecule has 0 bridgehead atoms. The second-order valence-electron chi connectivity index (χ2n) is 8.22. The number of amides is 1. The predicted molar refractivity (Wildman–Crippen MR) is 119 cm³/mol. The van der Waals surface area contributed by atoms with Gasteiger partial charge in [-0.15, -0.1) is 0 Å². The molecule has 0 spiro atoms. The number of unbranched alkanes of at least 4 members (excludes halogenated alkanes) is 13. The fourth-order valence-corrected chi connectivity index (χ4v) is 3.59. The van der Waals surface area contributed by atoms with E-state index in [0.717, 1.165) is 58.0 Å². The van der Waals surface area contributed by atoms with Crippen LogP contribution in [0, 0.1) is 0 Å². The number of hydrogen-bond donors (Lipinski definition) is 1. The summed E-state index contributed by atoms with van der Waals surface area (Å²) in [5.41, 5.74) is 0. The monoisotopic (exact) mass is 397 g/mol. The minimum Gasteiger partial charge on any atom is -0.481 e. The first-order valence-corrected chi connectivity index (χ1v) is 12.1. The summed E-state index contributed by atoms with van der Waals surface area (Å²) in [7, 11) is 0. The number of nitrogens with zero attached hydrogens (tertiary/aromatic N) is 1. The van der Waals surface area contributed by atoms with Crippen molar-refractivity contribution in [3.05, 3.63) is 0 Å². The van der Waals surface area contributed by atoms with Crippen molar-refractivity contribution in [2.45, 2.75) is 129 Å². The molecule has 4 heteroatoms. The number of carboxylic acids is 1. The fraction of sp³-hybridized carbons (Fsp3) is 0.917. The molecule has 0 atom stereocenters. The van der Waals surface area contributed by atoms with Gasteiger partial charge >= 0.3 is 5.97 Å². The Kier molecular flexibility index (Phi) is 19.9. The van der Waals surface area contributed by atoms with Gasteiger partial charge in [0.15, 0.2) is 0 Å². The first kappa shape index (κ1) is 26.9.